The van der Waals surface area contributed by atoms with E-state index in [-0.39, 0.29) is 12.3 Å². The Hall–Kier alpha value is -2.21. The lowest BCUT2D eigenvalue weighted by Gasteiger charge is -2.06. The largest absolute Gasteiger partial charge is 0.481 e. The van der Waals surface area contributed by atoms with Crippen LogP contribution in [0.15, 0.2) is 29.8 Å². The zero-order chi connectivity index (χ0) is 14.5. The summed E-state index contributed by atoms with van der Waals surface area (Å²) >= 11 is 1.29. The first kappa shape index (κ1) is 14.2. The third-order valence-electron chi connectivity index (χ3n) is 2.76. The van der Waals surface area contributed by atoms with Gasteiger partial charge in [-0.3, -0.25) is 9.59 Å². The summed E-state index contributed by atoms with van der Waals surface area (Å²) in [6.07, 6.45) is 0.518. The number of thiazole rings is 1. The summed E-state index contributed by atoms with van der Waals surface area (Å²) in [5, 5.41) is 11.5. The molecular formula is C14H14N2O3S. The molecule has 0 saturated carbocycles. The number of carbonyl (C=O) groups is 2. The quantitative estimate of drug-likeness (QED) is 0.887. The van der Waals surface area contributed by atoms with Gasteiger partial charge in [0.05, 0.1) is 11.2 Å². The fraction of sp³-hybridized carbons (Fsp3) is 0.214. The lowest BCUT2D eigenvalue weighted by atomic mass is 10.1. The molecule has 0 radical (unpaired) electrons. The molecule has 2 rings (SSSR count). The van der Waals surface area contributed by atoms with E-state index in [1.165, 1.54) is 11.3 Å². The molecule has 1 aromatic carbocycles. The van der Waals surface area contributed by atoms with Crippen LogP contribution >= 0.6 is 11.3 Å². The Labute approximate surface area is 120 Å². The van der Waals surface area contributed by atoms with Crippen LogP contribution in [0, 0.1) is 6.92 Å². The van der Waals surface area contributed by atoms with E-state index in [9.17, 15) is 9.59 Å². The van der Waals surface area contributed by atoms with Crippen LogP contribution in [-0.4, -0.2) is 22.0 Å². The summed E-state index contributed by atoms with van der Waals surface area (Å²) < 4.78 is 0. The summed E-state index contributed by atoms with van der Waals surface area (Å²) in [7, 11) is 0. The predicted molar refractivity (Wildman–Crippen MR) is 77.2 cm³/mol. The number of nitrogens with one attached hydrogen (secondary N) is 1. The summed E-state index contributed by atoms with van der Waals surface area (Å²) in [4.78, 5) is 27.2. The highest BCUT2D eigenvalue weighted by atomic mass is 32.1. The van der Waals surface area contributed by atoms with Crippen molar-refractivity contribution in [3.8, 4) is 0 Å². The van der Waals surface area contributed by atoms with E-state index in [4.69, 9.17) is 5.11 Å². The number of amides is 1. The smallest absolute Gasteiger partial charge is 0.303 e. The van der Waals surface area contributed by atoms with Crippen molar-refractivity contribution in [2.75, 3.05) is 5.32 Å². The Bertz CT molecular complexity index is 637. The van der Waals surface area contributed by atoms with Gasteiger partial charge in [0, 0.05) is 12.1 Å². The Morgan fingerprint density at radius 2 is 2.20 bits per heavy atom. The first-order chi connectivity index (χ1) is 9.56. The van der Waals surface area contributed by atoms with Crippen LogP contribution in [0.4, 0.5) is 5.69 Å². The average Bonchev–Trinajstić information content (AvgIpc) is 2.83. The van der Waals surface area contributed by atoms with E-state index in [0.717, 1.165) is 5.56 Å². The summed E-state index contributed by atoms with van der Waals surface area (Å²) in [5.41, 5.74) is 3.87. The standard InChI is InChI=1S/C14H14N2O3S/c1-9-13(20-8-15-9)14(19)16-11-4-2-3-10(7-11)5-6-12(17)18/h2-4,7-8H,5-6H2,1H3,(H,16,19)(H,17,18). The molecule has 2 aromatic rings. The second-order valence-electron chi connectivity index (χ2n) is 4.32. The molecule has 1 heterocycles. The minimum Gasteiger partial charge on any atom is -0.481 e. The third kappa shape index (κ3) is 3.64. The molecule has 0 saturated heterocycles. The maximum absolute atomic E-state index is 12.0. The molecule has 104 valence electrons. The first-order valence-electron chi connectivity index (χ1n) is 6.08. The number of anilines is 1. The first-order valence-corrected chi connectivity index (χ1v) is 6.96. The van der Waals surface area contributed by atoms with Crippen molar-refractivity contribution >= 4 is 28.9 Å². The number of carboxylic acids is 1. The Balaban J connectivity index is 2.06. The van der Waals surface area contributed by atoms with Gasteiger partial charge in [-0.25, -0.2) is 4.98 Å². The molecule has 1 aromatic heterocycles. The number of aryl methyl sites for hydroxylation is 2. The van der Waals surface area contributed by atoms with Crippen molar-refractivity contribution in [1.82, 2.24) is 4.98 Å². The van der Waals surface area contributed by atoms with Crippen molar-refractivity contribution in [2.24, 2.45) is 0 Å². The van der Waals surface area contributed by atoms with Gasteiger partial charge >= 0.3 is 5.97 Å². The second kappa shape index (κ2) is 6.29. The fourth-order valence-electron chi connectivity index (χ4n) is 1.76. The molecule has 0 aliphatic carbocycles. The molecule has 1 amide bonds. The molecule has 2 N–H and O–H groups in total. The molecule has 0 fully saturated rings. The van der Waals surface area contributed by atoms with Crippen molar-refractivity contribution < 1.29 is 14.7 Å². The number of aliphatic carboxylic acids is 1. The molecule has 0 atom stereocenters. The average molecular weight is 290 g/mol. The van der Waals surface area contributed by atoms with E-state index < -0.39 is 5.97 Å². The lowest BCUT2D eigenvalue weighted by Crippen LogP contribution is -2.11. The minimum absolute atomic E-state index is 0.0748. The van der Waals surface area contributed by atoms with Gasteiger partial charge in [0.25, 0.3) is 5.91 Å². The topological polar surface area (TPSA) is 79.3 Å². The molecule has 0 unspecified atom stereocenters. The zero-order valence-electron chi connectivity index (χ0n) is 10.9. The maximum Gasteiger partial charge on any atom is 0.303 e. The molecule has 0 spiro atoms. The molecule has 5 nitrogen and oxygen atoms in total. The van der Waals surface area contributed by atoms with Crippen molar-refractivity contribution in [3.05, 3.63) is 45.9 Å². The number of hydrogen-bond acceptors (Lipinski definition) is 4. The van der Waals surface area contributed by atoms with Crippen molar-refractivity contribution in [1.29, 1.82) is 0 Å². The second-order valence-corrected chi connectivity index (χ2v) is 5.17. The number of carboxylic acid groups (broad SMARTS) is 1. The molecule has 20 heavy (non-hydrogen) atoms. The Morgan fingerprint density at radius 1 is 1.40 bits per heavy atom. The number of nitrogens with zero attached hydrogens (tertiary/aromatic N) is 1. The molecule has 0 aliphatic rings. The minimum atomic E-state index is -0.834. The number of aromatic nitrogens is 1. The van der Waals surface area contributed by atoms with Crippen LogP contribution in [0.25, 0.3) is 0 Å². The van der Waals surface area contributed by atoms with Gasteiger partial charge < -0.3 is 10.4 Å². The Morgan fingerprint density at radius 3 is 2.85 bits per heavy atom. The molecular weight excluding hydrogens is 276 g/mol. The molecule has 0 aliphatic heterocycles. The van der Waals surface area contributed by atoms with Crippen LogP contribution in [0.5, 0.6) is 0 Å². The van der Waals surface area contributed by atoms with Crippen LogP contribution in [0.3, 0.4) is 0 Å². The third-order valence-corrected chi connectivity index (χ3v) is 3.69. The van der Waals surface area contributed by atoms with Gasteiger partial charge in [0.2, 0.25) is 0 Å². The Kier molecular flexibility index (Phi) is 4.47. The normalized spacial score (nSPS) is 10.2. The van der Waals surface area contributed by atoms with E-state index in [2.05, 4.69) is 10.3 Å². The van der Waals surface area contributed by atoms with Gasteiger partial charge in [-0.1, -0.05) is 12.1 Å². The number of carbonyl (C=O) groups excluding carboxylic acids is 1. The van der Waals surface area contributed by atoms with Gasteiger partial charge in [0.15, 0.2) is 0 Å². The number of hydrogen-bond donors (Lipinski definition) is 2. The summed E-state index contributed by atoms with van der Waals surface area (Å²) in [5.74, 6) is -1.03. The summed E-state index contributed by atoms with van der Waals surface area (Å²) in [6, 6.07) is 7.21. The van der Waals surface area contributed by atoms with Crippen molar-refractivity contribution in [3.63, 3.8) is 0 Å². The molecule has 6 heteroatoms. The van der Waals surface area contributed by atoms with E-state index in [0.29, 0.717) is 22.7 Å². The number of rotatable bonds is 5. The van der Waals surface area contributed by atoms with Gasteiger partial charge in [0.1, 0.15) is 4.88 Å². The SMILES string of the molecule is Cc1ncsc1C(=O)Nc1cccc(CCC(=O)O)c1. The highest BCUT2D eigenvalue weighted by Gasteiger charge is 2.12. The van der Waals surface area contributed by atoms with Crippen LogP contribution in [-0.2, 0) is 11.2 Å². The monoisotopic (exact) mass is 290 g/mol. The van der Waals surface area contributed by atoms with E-state index >= 15 is 0 Å². The van der Waals surface area contributed by atoms with E-state index in [1.807, 2.05) is 6.07 Å². The van der Waals surface area contributed by atoms with Crippen LogP contribution in [0.1, 0.15) is 27.3 Å². The fourth-order valence-corrected chi connectivity index (χ4v) is 2.46. The predicted octanol–water partition coefficient (Wildman–Crippen LogP) is 2.72. The molecule has 0 bridgehead atoms. The highest BCUT2D eigenvalue weighted by Crippen LogP contribution is 2.17. The lowest BCUT2D eigenvalue weighted by molar-refractivity contribution is -0.136. The van der Waals surface area contributed by atoms with Gasteiger partial charge in [-0.05, 0) is 31.0 Å². The number of benzene rings is 1. The summed E-state index contributed by atoms with van der Waals surface area (Å²) in [6.45, 7) is 1.79. The van der Waals surface area contributed by atoms with Gasteiger partial charge in [-0.2, -0.15) is 0 Å². The van der Waals surface area contributed by atoms with Gasteiger partial charge in [-0.15, -0.1) is 11.3 Å². The van der Waals surface area contributed by atoms with E-state index in [1.54, 1.807) is 30.6 Å². The maximum atomic E-state index is 12.0. The van der Waals surface area contributed by atoms with Crippen molar-refractivity contribution in [2.45, 2.75) is 19.8 Å². The zero-order valence-corrected chi connectivity index (χ0v) is 11.7. The highest BCUT2D eigenvalue weighted by molar-refractivity contribution is 7.12. The van der Waals surface area contributed by atoms with Crippen LogP contribution < -0.4 is 5.32 Å². The van der Waals surface area contributed by atoms with Crippen LogP contribution in [0.2, 0.25) is 0 Å².